The van der Waals surface area contributed by atoms with Gasteiger partial charge in [-0.05, 0) is 25.7 Å². The third-order valence-corrected chi connectivity index (χ3v) is 2.39. The number of hydrogen-bond acceptors (Lipinski definition) is 3. The van der Waals surface area contributed by atoms with Crippen LogP contribution in [0.4, 0.5) is 0 Å². The number of hydrazine groups is 1. The van der Waals surface area contributed by atoms with Crippen molar-refractivity contribution < 1.29 is 4.74 Å². The van der Waals surface area contributed by atoms with Crippen LogP contribution >= 0.6 is 0 Å². The number of ether oxygens (including phenoxy) is 1. The molecule has 0 amide bonds. The lowest BCUT2D eigenvalue weighted by Gasteiger charge is -2.24. The normalized spacial score (nSPS) is 20.7. The average molecular weight is 182 g/mol. The lowest BCUT2D eigenvalue weighted by Crippen LogP contribution is -2.46. The molecule has 13 heavy (non-hydrogen) atoms. The summed E-state index contributed by atoms with van der Waals surface area (Å²) in [5.74, 6) is 8.71. The van der Waals surface area contributed by atoms with Gasteiger partial charge in [0.15, 0.2) is 0 Å². The molecule has 1 fully saturated rings. The van der Waals surface area contributed by atoms with E-state index in [0.717, 1.165) is 6.61 Å². The zero-order chi connectivity index (χ0) is 9.68. The van der Waals surface area contributed by atoms with Crippen LogP contribution in [0.5, 0.6) is 0 Å². The van der Waals surface area contributed by atoms with Gasteiger partial charge in [0.25, 0.3) is 0 Å². The topological polar surface area (TPSA) is 47.3 Å². The summed E-state index contributed by atoms with van der Waals surface area (Å²) in [4.78, 5) is 0. The molecule has 0 spiro atoms. The molecule has 74 valence electrons. The molecule has 1 saturated carbocycles. The minimum atomic E-state index is 0.109. The van der Waals surface area contributed by atoms with Crippen molar-refractivity contribution in [3.8, 4) is 12.3 Å². The van der Waals surface area contributed by atoms with E-state index in [0.29, 0.717) is 12.3 Å². The van der Waals surface area contributed by atoms with Crippen molar-refractivity contribution in [1.82, 2.24) is 5.43 Å². The van der Waals surface area contributed by atoms with Gasteiger partial charge in [-0.15, -0.1) is 12.3 Å². The minimum Gasteiger partial charge on any atom is -0.377 e. The highest BCUT2D eigenvalue weighted by Gasteiger charge is 2.36. The first-order valence-electron chi connectivity index (χ1n) is 4.84. The van der Waals surface area contributed by atoms with Crippen LogP contribution in [0, 0.1) is 18.3 Å². The maximum absolute atomic E-state index is 5.63. The van der Waals surface area contributed by atoms with Crippen LogP contribution in [0.3, 0.4) is 0 Å². The predicted octanol–water partition coefficient (Wildman–Crippen LogP) is 0.657. The van der Waals surface area contributed by atoms with Crippen LogP contribution in [-0.4, -0.2) is 18.8 Å². The molecule has 0 heterocycles. The molecule has 1 aliphatic rings. The molecule has 0 saturated heterocycles. The zero-order valence-electron chi connectivity index (χ0n) is 8.12. The van der Waals surface area contributed by atoms with E-state index < -0.39 is 0 Å². The number of rotatable bonds is 6. The molecule has 0 radical (unpaired) electrons. The first-order chi connectivity index (χ1) is 6.33. The Morgan fingerprint density at radius 2 is 2.38 bits per heavy atom. The Hall–Kier alpha value is -0.560. The SMILES string of the molecule is C#CCC(NN)C(OCC)C1CC1. The standard InChI is InChI=1S/C10H18N2O/c1-3-5-9(12-11)10(13-4-2)8-6-7-8/h1,8-10,12H,4-7,11H2,2H3. The second-order valence-corrected chi connectivity index (χ2v) is 3.44. The monoisotopic (exact) mass is 182 g/mol. The van der Waals surface area contributed by atoms with E-state index in [9.17, 15) is 0 Å². The molecule has 0 aromatic carbocycles. The first-order valence-corrected chi connectivity index (χ1v) is 4.84. The fourth-order valence-electron chi connectivity index (χ4n) is 1.59. The quantitative estimate of drug-likeness (QED) is 0.360. The highest BCUT2D eigenvalue weighted by molar-refractivity contribution is 4.97. The van der Waals surface area contributed by atoms with Gasteiger partial charge in [0.05, 0.1) is 12.1 Å². The van der Waals surface area contributed by atoms with Crippen LogP contribution in [0.15, 0.2) is 0 Å². The summed E-state index contributed by atoms with van der Waals surface area (Å²) >= 11 is 0. The van der Waals surface area contributed by atoms with E-state index in [1.807, 2.05) is 6.92 Å². The van der Waals surface area contributed by atoms with Crippen molar-refractivity contribution >= 4 is 0 Å². The Kier molecular flexibility index (Phi) is 4.23. The van der Waals surface area contributed by atoms with Gasteiger partial charge < -0.3 is 4.74 Å². The Balaban J connectivity index is 2.44. The van der Waals surface area contributed by atoms with E-state index in [-0.39, 0.29) is 12.1 Å². The Labute approximate surface area is 80.0 Å². The minimum absolute atomic E-state index is 0.109. The van der Waals surface area contributed by atoms with Gasteiger partial charge in [-0.2, -0.15) is 0 Å². The van der Waals surface area contributed by atoms with E-state index in [2.05, 4.69) is 11.3 Å². The second-order valence-electron chi connectivity index (χ2n) is 3.44. The Morgan fingerprint density at radius 3 is 2.77 bits per heavy atom. The van der Waals surface area contributed by atoms with Crippen molar-refractivity contribution in [2.24, 2.45) is 11.8 Å². The number of terminal acetylenes is 1. The van der Waals surface area contributed by atoms with E-state index in [1.54, 1.807) is 0 Å². The summed E-state index contributed by atoms with van der Waals surface area (Å²) in [6, 6.07) is 0.109. The molecule has 0 aliphatic heterocycles. The van der Waals surface area contributed by atoms with E-state index >= 15 is 0 Å². The summed E-state index contributed by atoms with van der Waals surface area (Å²) in [5.41, 5.74) is 2.74. The fourth-order valence-corrected chi connectivity index (χ4v) is 1.59. The number of nitrogens with two attached hydrogens (primary N) is 1. The zero-order valence-corrected chi connectivity index (χ0v) is 8.12. The molecule has 1 aliphatic carbocycles. The fraction of sp³-hybridized carbons (Fsp3) is 0.800. The van der Waals surface area contributed by atoms with Gasteiger partial charge >= 0.3 is 0 Å². The molecule has 0 aromatic rings. The van der Waals surface area contributed by atoms with Gasteiger partial charge in [-0.1, -0.05) is 0 Å². The van der Waals surface area contributed by atoms with Crippen molar-refractivity contribution in [2.45, 2.75) is 38.3 Å². The average Bonchev–Trinajstić information content (AvgIpc) is 2.94. The molecular weight excluding hydrogens is 164 g/mol. The lowest BCUT2D eigenvalue weighted by atomic mass is 10.0. The van der Waals surface area contributed by atoms with Gasteiger partial charge in [-0.25, -0.2) is 0 Å². The highest BCUT2D eigenvalue weighted by Crippen LogP contribution is 2.36. The van der Waals surface area contributed by atoms with Gasteiger partial charge in [-0.3, -0.25) is 11.3 Å². The van der Waals surface area contributed by atoms with Crippen LogP contribution in [0.1, 0.15) is 26.2 Å². The van der Waals surface area contributed by atoms with Gasteiger partial charge in [0.1, 0.15) is 0 Å². The molecule has 0 bridgehead atoms. The smallest absolute Gasteiger partial charge is 0.0778 e. The third-order valence-electron chi connectivity index (χ3n) is 2.39. The van der Waals surface area contributed by atoms with Crippen molar-refractivity contribution in [3.63, 3.8) is 0 Å². The molecule has 2 atom stereocenters. The van der Waals surface area contributed by atoms with Crippen LogP contribution in [0.2, 0.25) is 0 Å². The Morgan fingerprint density at radius 1 is 1.69 bits per heavy atom. The third kappa shape index (κ3) is 3.00. The van der Waals surface area contributed by atoms with Crippen LogP contribution < -0.4 is 11.3 Å². The highest BCUT2D eigenvalue weighted by atomic mass is 16.5. The maximum Gasteiger partial charge on any atom is 0.0778 e. The molecule has 3 N–H and O–H groups in total. The summed E-state index contributed by atoms with van der Waals surface area (Å²) in [6.07, 6.45) is 8.58. The molecule has 3 nitrogen and oxygen atoms in total. The van der Waals surface area contributed by atoms with E-state index in [4.69, 9.17) is 17.0 Å². The van der Waals surface area contributed by atoms with Crippen molar-refractivity contribution in [2.75, 3.05) is 6.61 Å². The molecule has 3 heteroatoms. The van der Waals surface area contributed by atoms with Crippen LogP contribution in [-0.2, 0) is 4.74 Å². The largest absolute Gasteiger partial charge is 0.377 e. The van der Waals surface area contributed by atoms with E-state index in [1.165, 1.54) is 12.8 Å². The summed E-state index contributed by atoms with van der Waals surface area (Å²) in [7, 11) is 0. The lowest BCUT2D eigenvalue weighted by molar-refractivity contribution is 0.0204. The first kappa shape index (κ1) is 10.5. The van der Waals surface area contributed by atoms with Gasteiger partial charge in [0, 0.05) is 13.0 Å². The summed E-state index contributed by atoms with van der Waals surface area (Å²) in [6.45, 7) is 2.72. The Bertz CT molecular complexity index is 184. The molecular formula is C10H18N2O. The molecule has 0 aromatic heterocycles. The van der Waals surface area contributed by atoms with Crippen LogP contribution in [0.25, 0.3) is 0 Å². The summed E-state index contributed by atoms with van der Waals surface area (Å²) < 4.78 is 5.63. The predicted molar refractivity (Wildman–Crippen MR) is 52.7 cm³/mol. The molecule has 1 rings (SSSR count). The van der Waals surface area contributed by atoms with Crippen molar-refractivity contribution in [1.29, 1.82) is 0 Å². The summed E-state index contributed by atoms with van der Waals surface area (Å²) in [5, 5.41) is 0. The second kappa shape index (κ2) is 5.23. The van der Waals surface area contributed by atoms with Gasteiger partial charge in [0.2, 0.25) is 0 Å². The number of hydrogen-bond donors (Lipinski definition) is 2. The number of nitrogens with one attached hydrogen (secondary N) is 1. The van der Waals surface area contributed by atoms with Crippen molar-refractivity contribution in [3.05, 3.63) is 0 Å². The maximum atomic E-state index is 5.63. The molecule has 2 unspecified atom stereocenters.